The second kappa shape index (κ2) is 11.6. The van der Waals surface area contributed by atoms with Crippen LogP contribution in [0, 0.1) is 5.41 Å². The van der Waals surface area contributed by atoms with Gasteiger partial charge in [-0.1, -0.05) is 62.3 Å². The number of hydrogen-bond acceptors (Lipinski definition) is 9. The molecule has 0 saturated carbocycles. The van der Waals surface area contributed by atoms with Gasteiger partial charge in [0.05, 0.1) is 5.71 Å². The fourth-order valence-corrected chi connectivity index (χ4v) is 4.32. The third-order valence-corrected chi connectivity index (χ3v) is 6.50. The van der Waals surface area contributed by atoms with Crippen molar-refractivity contribution in [2.45, 2.75) is 85.5 Å². The molecule has 0 N–H and O–H groups in total. The molecule has 40 heavy (non-hydrogen) atoms. The molecule has 6 heterocycles. The van der Waals surface area contributed by atoms with E-state index in [1.54, 1.807) is 18.7 Å². The summed E-state index contributed by atoms with van der Waals surface area (Å²) >= 11 is 0. The Balaban J connectivity index is 0.000000139. The Hall–Kier alpha value is -3.43. The molecule has 9 heteroatoms. The van der Waals surface area contributed by atoms with Gasteiger partial charge in [-0.3, -0.25) is 0 Å². The fourth-order valence-electron chi connectivity index (χ4n) is 4.32. The zero-order valence-electron chi connectivity index (χ0n) is 25.1. The van der Waals surface area contributed by atoms with Gasteiger partial charge in [0.1, 0.15) is 12.4 Å². The van der Waals surface area contributed by atoms with Crippen LogP contribution in [0.1, 0.15) is 73.6 Å². The Morgan fingerprint density at radius 3 is 2.23 bits per heavy atom. The Kier molecular flexibility index (Phi) is 8.56. The molecular formula is C31H41N5O4. The van der Waals surface area contributed by atoms with Crippen LogP contribution in [-0.2, 0) is 20.3 Å². The van der Waals surface area contributed by atoms with Crippen LogP contribution in [0.25, 0.3) is 11.0 Å². The summed E-state index contributed by atoms with van der Waals surface area (Å²) in [6.07, 6.45) is 4.85. The zero-order valence-corrected chi connectivity index (χ0v) is 25.1. The minimum absolute atomic E-state index is 0.0169. The highest BCUT2D eigenvalue weighted by molar-refractivity contribution is 5.99. The van der Waals surface area contributed by atoms with Gasteiger partial charge in [0.15, 0.2) is 24.4 Å². The highest BCUT2D eigenvalue weighted by atomic mass is 16.7. The first-order chi connectivity index (χ1) is 18.7. The lowest BCUT2D eigenvalue weighted by Crippen LogP contribution is -2.40. The summed E-state index contributed by atoms with van der Waals surface area (Å²) < 4.78 is 21.3. The molecule has 0 bridgehead atoms. The summed E-state index contributed by atoms with van der Waals surface area (Å²) in [5, 5.41) is 1.10. The van der Waals surface area contributed by atoms with Gasteiger partial charge in [-0.25, -0.2) is 24.9 Å². The molecule has 3 aromatic heterocycles. The van der Waals surface area contributed by atoms with Gasteiger partial charge in [-0.05, 0) is 35.7 Å². The quantitative estimate of drug-likeness (QED) is 0.328. The topological polar surface area (TPSA) is 100 Å². The lowest BCUT2D eigenvalue weighted by molar-refractivity contribution is 0.0459. The number of rotatable bonds is 0. The third-order valence-electron chi connectivity index (χ3n) is 6.50. The molecule has 1 fully saturated rings. The normalized spacial score (nSPS) is 19.7. The first kappa shape index (κ1) is 29.6. The summed E-state index contributed by atoms with van der Waals surface area (Å²) in [6, 6.07) is 10.1. The van der Waals surface area contributed by atoms with Crippen LogP contribution in [-0.4, -0.2) is 52.9 Å². The van der Waals surface area contributed by atoms with Crippen LogP contribution in [0.15, 0.2) is 52.7 Å². The van der Waals surface area contributed by atoms with Crippen LogP contribution in [0.3, 0.4) is 0 Å². The Morgan fingerprint density at radius 1 is 0.750 bits per heavy atom. The summed E-state index contributed by atoms with van der Waals surface area (Å²) in [4.78, 5) is 21.2. The van der Waals surface area contributed by atoms with Gasteiger partial charge in [0, 0.05) is 39.9 Å². The van der Waals surface area contributed by atoms with Gasteiger partial charge in [-0.2, -0.15) is 0 Å². The van der Waals surface area contributed by atoms with Gasteiger partial charge in [0.25, 0.3) is 5.88 Å². The standard InChI is InChI=1S/C12H14N2.C10H13NO2.C9H14N2O2/c1-12(2,3)10-7-6-9-5-4-8-13-11(9)14-10;1-10(2,3)7-4-5-11-9-8(7)12-6-13-9;1-9(2,3)7-6-8(11-4-10-7)13-5-12-6/h4-8H,1-3H3;4-5H,6H2,1-3H3;4,6,8H,5H2,1-3H3. The van der Waals surface area contributed by atoms with Gasteiger partial charge in [0.2, 0.25) is 6.79 Å². The molecule has 0 aliphatic carbocycles. The number of aliphatic imine (C=N–C) groups is 2. The van der Waals surface area contributed by atoms with Crippen LogP contribution in [0.4, 0.5) is 0 Å². The van der Waals surface area contributed by atoms with Gasteiger partial charge in [-0.15, -0.1) is 0 Å². The molecule has 2 unspecified atom stereocenters. The van der Waals surface area contributed by atoms with E-state index in [0.29, 0.717) is 12.7 Å². The summed E-state index contributed by atoms with van der Waals surface area (Å²) in [5.74, 6) is 1.42. The number of hydrogen-bond donors (Lipinski definition) is 0. The largest absolute Gasteiger partial charge is 0.451 e. The van der Waals surface area contributed by atoms with Crippen LogP contribution < -0.4 is 9.47 Å². The second-order valence-electron chi connectivity index (χ2n) is 12.9. The molecule has 0 amide bonds. The maximum atomic E-state index is 5.43. The molecule has 1 saturated heterocycles. The Bertz CT molecular complexity index is 1380. The lowest BCUT2D eigenvalue weighted by atomic mass is 9.85. The molecule has 2 atom stereocenters. The maximum Gasteiger partial charge on any atom is 0.260 e. The van der Waals surface area contributed by atoms with Crippen molar-refractivity contribution in [3.63, 3.8) is 0 Å². The second-order valence-corrected chi connectivity index (χ2v) is 12.9. The monoisotopic (exact) mass is 547 g/mol. The predicted octanol–water partition coefficient (Wildman–Crippen LogP) is 6.25. The third kappa shape index (κ3) is 7.01. The number of pyridine rings is 3. The van der Waals surface area contributed by atoms with Crippen molar-refractivity contribution in [3.8, 4) is 11.6 Å². The summed E-state index contributed by atoms with van der Waals surface area (Å²) in [7, 11) is 0. The average molecular weight is 548 g/mol. The summed E-state index contributed by atoms with van der Waals surface area (Å²) in [5.41, 5.74) is 4.26. The number of aromatic nitrogens is 3. The molecule has 6 rings (SSSR count). The predicted molar refractivity (Wildman–Crippen MR) is 157 cm³/mol. The molecule has 9 nitrogen and oxygen atoms in total. The average Bonchev–Trinajstić information content (AvgIpc) is 3.57. The van der Waals surface area contributed by atoms with Crippen molar-refractivity contribution in [2.75, 3.05) is 13.6 Å². The van der Waals surface area contributed by atoms with E-state index >= 15 is 0 Å². The van der Waals surface area contributed by atoms with Crippen LogP contribution in [0.2, 0.25) is 0 Å². The number of nitrogens with zero attached hydrogens (tertiary/aromatic N) is 5. The summed E-state index contributed by atoms with van der Waals surface area (Å²) in [6.45, 7) is 19.9. The van der Waals surface area contributed by atoms with Crippen molar-refractivity contribution < 1.29 is 18.9 Å². The van der Waals surface area contributed by atoms with E-state index in [-0.39, 0.29) is 35.4 Å². The molecular weight excluding hydrogens is 506 g/mol. The Labute approximate surface area is 237 Å². The number of fused-ring (bicyclic) bond motifs is 3. The van der Waals surface area contributed by atoms with E-state index in [2.05, 4.69) is 99.4 Å². The molecule has 214 valence electrons. The molecule has 0 radical (unpaired) electrons. The Morgan fingerprint density at radius 2 is 1.52 bits per heavy atom. The molecule has 0 aromatic carbocycles. The van der Waals surface area contributed by atoms with Crippen molar-refractivity contribution in [1.82, 2.24) is 15.0 Å². The molecule has 3 aliphatic heterocycles. The highest BCUT2D eigenvalue weighted by Crippen LogP contribution is 2.39. The van der Waals surface area contributed by atoms with E-state index in [1.807, 2.05) is 18.2 Å². The fraction of sp³-hybridized carbons (Fsp3) is 0.516. The van der Waals surface area contributed by atoms with E-state index in [4.69, 9.17) is 18.9 Å². The molecule has 3 aromatic rings. The van der Waals surface area contributed by atoms with Crippen LogP contribution >= 0.6 is 0 Å². The van der Waals surface area contributed by atoms with E-state index in [0.717, 1.165) is 33.8 Å². The van der Waals surface area contributed by atoms with Gasteiger partial charge >= 0.3 is 0 Å². The minimum Gasteiger partial charge on any atom is -0.451 e. The smallest absolute Gasteiger partial charge is 0.260 e. The SMILES string of the molecule is CC(C)(C)C1=NC=NC2OCOC12.CC(C)(C)c1ccc2cccnc2n1.CC(C)(C)c1ccnc2c1OCO2. The molecule has 0 spiro atoms. The van der Waals surface area contributed by atoms with Crippen LogP contribution in [0.5, 0.6) is 11.6 Å². The van der Waals surface area contributed by atoms with Crippen molar-refractivity contribution in [1.29, 1.82) is 0 Å². The molecule has 3 aliphatic rings. The minimum atomic E-state index is -0.174. The van der Waals surface area contributed by atoms with Crippen molar-refractivity contribution in [3.05, 3.63) is 54.0 Å². The van der Waals surface area contributed by atoms with Gasteiger partial charge < -0.3 is 18.9 Å². The number of ether oxygens (including phenoxy) is 4. The lowest BCUT2D eigenvalue weighted by Gasteiger charge is -2.28. The first-order valence-electron chi connectivity index (χ1n) is 13.6. The first-order valence-corrected chi connectivity index (χ1v) is 13.6. The van der Waals surface area contributed by atoms with Crippen molar-refractivity contribution >= 4 is 23.1 Å². The highest BCUT2D eigenvalue weighted by Gasteiger charge is 2.39. The van der Waals surface area contributed by atoms with Crippen molar-refractivity contribution in [2.24, 2.45) is 15.4 Å². The van der Waals surface area contributed by atoms with E-state index < -0.39 is 0 Å². The zero-order chi connectivity index (χ0) is 29.1. The van der Waals surface area contributed by atoms with E-state index in [1.165, 1.54) is 0 Å². The van der Waals surface area contributed by atoms with E-state index in [9.17, 15) is 0 Å². The maximum absolute atomic E-state index is 5.43.